The number of aromatic nitrogens is 3. The third-order valence-electron chi connectivity index (χ3n) is 2.42. The highest BCUT2D eigenvalue weighted by atomic mass is 32.2. The fraction of sp³-hybridized carbons (Fsp3) is 0.364. The quantitative estimate of drug-likeness (QED) is 0.619. The predicted molar refractivity (Wildman–Crippen MR) is 70.4 cm³/mol. The van der Waals surface area contributed by atoms with Crippen LogP contribution in [0.5, 0.6) is 5.75 Å². The molecule has 2 rings (SSSR count). The molecule has 8 heteroatoms. The highest BCUT2D eigenvalue weighted by Crippen LogP contribution is 2.20. The molecule has 102 valence electrons. The molecule has 0 saturated carbocycles. The Morgan fingerprint density at radius 3 is 3.00 bits per heavy atom. The first-order valence-electron chi connectivity index (χ1n) is 5.74. The van der Waals surface area contributed by atoms with Crippen molar-refractivity contribution in [3.63, 3.8) is 0 Å². The van der Waals surface area contributed by atoms with Gasteiger partial charge in [-0.05, 0) is 6.42 Å². The van der Waals surface area contributed by atoms with E-state index >= 15 is 0 Å². The van der Waals surface area contributed by atoms with Crippen LogP contribution in [0.1, 0.15) is 24.9 Å². The summed E-state index contributed by atoms with van der Waals surface area (Å²) >= 11 is 1.31. The van der Waals surface area contributed by atoms with E-state index in [1.54, 1.807) is 0 Å². The van der Waals surface area contributed by atoms with Crippen LogP contribution < -0.4 is 11.3 Å². The average molecular weight is 282 g/mol. The summed E-state index contributed by atoms with van der Waals surface area (Å²) in [4.78, 5) is 11.2. The van der Waals surface area contributed by atoms with E-state index in [0.29, 0.717) is 16.7 Å². The lowest BCUT2D eigenvalue weighted by Crippen LogP contribution is -2.13. The van der Waals surface area contributed by atoms with Gasteiger partial charge in [0.1, 0.15) is 12.0 Å². The number of hydrogen-bond acceptors (Lipinski definition) is 7. The molecule has 0 fully saturated rings. The molecule has 0 amide bonds. The third-order valence-corrected chi connectivity index (χ3v) is 3.38. The first-order valence-corrected chi connectivity index (χ1v) is 6.73. The lowest BCUT2D eigenvalue weighted by molar-refractivity contribution is 0.419. The summed E-state index contributed by atoms with van der Waals surface area (Å²) < 4.78 is 6.52. The molecule has 0 unspecified atom stereocenters. The molecule has 0 aliphatic carbocycles. The van der Waals surface area contributed by atoms with Crippen LogP contribution >= 0.6 is 11.8 Å². The largest absolute Gasteiger partial charge is 0.502 e. The van der Waals surface area contributed by atoms with E-state index in [2.05, 4.69) is 10.2 Å². The first kappa shape index (κ1) is 13.5. The lowest BCUT2D eigenvalue weighted by atomic mass is 10.3. The van der Waals surface area contributed by atoms with Crippen molar-refractivity contribution in [1.82, 2.24) is 14.9 Å². The van der Waals surface area contributed by atoms with Gasteiger partial charge in [0.15, 0.2) is 11.6 Å². The van der Waals surface area contributed by atoms with E-state index in [4.69, 9.17) is 15.4 Å². The van der Waals surface area contributed by atoms with Gasteiger partial charge in [0.2, 0.25) is 10.6 Å². The van der Waals surface area contributed by atoms with Gasteiger partial charge < -0.3 is 15.4 Å². The maximum Gasteiger partial charge on any atom is 0.226 e. The van der Waals surface area contributed by atoms with Crippen LogP contribution in [-0.4, -0.2) is 20.0 Å². The minimum Gasteiger partial charge on any atom is -0.502 e. The monoisotopic (exact) mass is 282 g/mol. The Morgan fingerprint density at radius 1 is 1.53 bits per heavy atom. The molecule has 0 aliphatic heterocycles. The first-order chi connectivity index (χ1) is 9.11. The van der Waals surface area contributed by atoms with E-state index in [1.807, 2.05) is 6.92 Å². The molecule has 0 spiro atoms. The zero-order chi connectivity index (χ0) is 13.8. The van der Waals surface area contributed by atoms with Crippen LogP contribution in [0.25, 0.3) is 0 Å². The summed E-state index contributed by atoms with van der Waals surface area (Å²) in [6.45, 7) is 2.03. The Labute approximate surface area is 113 Å². The molecule has 2 aromatic heterocycles. The maximum absolute atomic E-state index is 11.2. The van der Waals surface area contributed by atoms with Gasteiger partial charge in [-0.25, -0.2) is 4.68 Å². The van der Waals surface area contributed by atoms with Gasteiger partial charge in [-0.2, -0.15) is 0 Å². The topological polar surface area (TPSA) is 107 Å². The lowest BCUT2D eigenvalue weighted by Gasteiger charge is -2.02. The SMILES string of the molecule is CCCc1nnc(SCc2cc(=O)c(O)co2)n1N. The van der Waals surface area contributed by atoms with Crippen molar-refractivity contribution in [1.29, 1.82) is 0 Å². The number of nitrogen functional groups attached to an aromatic ring is 1. The average Bonchev–Trinajstić information content (AvgIpc) is 2.73. The zero-order valence-electron chi connectivity index (χ0n) is 10.4. The number of nitrogens with zero attached hydrogens (tertiary/aromatic N) is 3. The third kappa shape index (κ3) is 3.08. The Hall–Kier alpha value is -1.96. The summed E-state index contributed by atoms with van der Waals surface area (Å²) in [6, 6.07) is 1.24. The number of hydrogen-bond donors (Lipinski definition) is 2. The summed E-state index contributed by atoms with van der Waals surface area (Å²) in [6.07, 6.45) is 2.72. The molecule has 0 aliphatic rings. The summed E-state index contributed by atoms with van der Waals surface area (Å²) in [5.41, 5.74) is -0.470. The Morgan fingerprint density at radius 2 is 2.32 bits per heavy atom. The molecule has 19 heavy (non-hydrogen) atoms. The van der Waals surface area contributed by atoms with Gasteiger partial charge in [0.25, 0.3) is 0 Å². The Balaban J connectivity index is 2.06. The highest BCUT2D eigenvalue weighted by molar-refractivity contribution is 7.98. The number of aryl methyl sites for hydroxylation is 1. The van der Waals surface area contributed by atoms with Crippen molar-refractivity contribution in [2.75, 3.05) is 5.84 Å². The highest BCUT2D eigenvalue weighted by Gasteiger charge is 2.10. The van der Waals surface area contributed by atoms with E-state index < -0.39 is 11.2 Å². The molecule has 7 nitrogen and oxygen atoms in total. The second kappa shape index (κ2) is 5.79. The van der Waals surface area contributed by atoms with Crippen molar-refractivity contribution < 1.29 is 9.52 Å². The van der Waals surface area contributed by atoms with Gasteiger partial charge in [-0.3, -0.25) is 4.79 Å². The molecule has 0 aromatic carbocycles. The molecule has 0 atom stereocenters. The molecule has 2 aromatic rings. The molecule has 0 radical (unpaired) electrons. The van der Waals surface area contributed by atoms with Gasteiger partial charge in [0.05, 0.1) is 5.75 Å². The van der Waals surface area contributed by atoms with Gasteiger partial charge in [-0.15, -0.1) is 10.2 Å². The number of rotatable bonds is 5. The van der Waals surface area contributed by atoms with Crippen LogP contribution in [0.3, 0.4) is 0 Å². The molecule has 2 heterocycles. The van der Waals surface area contributed by atoms with E-state index in [0.717, 1.165) is 24.9 Å². The molecular formula is C11H14N4O3S. The molecule has 0 saturated heterocycles. The smallest absolute Gasteiger partial charge is 0.226 e. The van der Waals surface area contributed by atoms with Gasteiger partial charge in [-0.1, -0.05) is 18.7 Å². The second-order valence-electron chi connectivity index (χ2n) is 3.90. The van der Waals surface area contributed by atoms with Crippen LogP contribution in [0.4, 0.5) is 0 Å². The molecule has 3 N–H and O–H groups in total. The number of aromatic hydroxyl groups is 1. The van der Waals surface area contributed by atoms with E-state index in [1.165, 1.54) is 22.5 Å². The van der Waals surface area contributed by atoms with Gasteiger partial charge >= 0.3 is 0 Å². The van der Waals surface area contributed by atoms with Gasteiger partial charge in [0, 0.05) is 12.5 Å². The van der Waals surface area contributed by atoms with E-state index in [-0.39, 0.29) is 0 Å². The number of thioether (sulfide) groups is 1. The minimum atomic E-state index is -0.470. The van der Waals surface area contributed by atoms with Crippen LogP contribution in [0.2, 0.25) is 0 Å². The molecule has 0 bridgehead atoms. The minimum absolute atomic E-state index is 0.386. The fourth-order valence-corrected chi connectivity index (χ4v) is 2.22. The predicted octanol–water partition coefficient (Wildman–Crippen LogP) is 0.896. The summed E-state index contributed by atoms with van der Waals surface area (Å²) in [5.74, 6) is 6.99. The van der Waals surface area contributed by atoms with Crippen LogP contribution in [0.15, 0.2) is 26.7 Å². The second-order valence-corrected chi connectivity index (χ2v) is 4.85. The van der Waals surface area contributed by atoms with Crippen LogP contribution in [0, 0.1) is 0 Å². The summed E-state index contributed by atoms with van der Waals surface area (Å²) in [7, 11) is 0. The zero-order valence-corrected chi connectivity index (χ0v) is 11.2. The number of nitrogens with two attached hydrogens (primary N) is 1. The van der Waals surface area contributed by atoms with Crippen molar-refractivity contribution >= 4 is 11.8 Å². The normalized spacial score (nSPS) is 10.8. The maximum atomic E-state index is 11.2. The summed E-state index contributed by atoms with van der Waals surface area (Å²) in [5, 5.41) is 17.6. The molecular weight excluding hydrogens is 268 g/mol. The standard InChI is InChI=1S/C11H14N4O3S/c1-2-3-10-13-14-11(15(10)12)19-6-7-4-8(16)9(17)5-18-7/h4-5,17H,2-3,6,12H2,1H3. The Kier molecular flexibility index (Phi) is 4.10. The van der Waals surface area contributed by atoms with Crippen molar-refractivity contribution in [3.05, 3.63) is 34.1 Å². The fourth-order valence-electron chi connectivity index (χ4n) is 1.45. The Bertz CT molecular complexity index is 623. The van der Waals surface area contributed by atoms with Crippen molar-refractivity contribution in [2.45, 2.75) is 30.7 Å². The van der Waals surface area contributed by atoms with Crippen molar-refractivity contribution in [2.24, 2.45) is 0 Å². The van der Waals surface area contributed by atoms with Crippen molar-refractivity contribution in [3.8, 4) is 5.75 Å². The van der Waals surface area contributed by atoms with Crippen LogP contribution in [-0.2, 0) is 12.2 Å². The van der Waals surface area contributed by atoms with E-state index in [9.17, 15) is 4.79 Å².